The highest BCUT2D eigenvalue weighted by atomic mass is 15.2. The van der Waals surface area contributed by atoms with Crippen molar-refractivity contribution < 1.29 is 0 Å². The summed E-state index contributed by atoms with van der Waals surface area (Å²) < 4.78 is 0. The van der Waals surface area contributed by atoms with Gasteiger partial charge in [-0.15, -0.1) is 0 Å². The fraction of sp³-hybridized carbons (Fsp3) is 0.407. The van der Waals surface area contributed by atoms with Gasteiger partial charge >= 0.3 is 0 Å². The standard InChI is InChI=1S/C27H35N/c1-7-9-14-22(13-8-2)21(3)28-20-27(6,19-26(28,4)5)25-18-12-16-23-15-10-11-17-24(23)25/h7,9-12,14-18H,3,8,13,19-20H2,1-2,4-6H3/b9-7-,22-14-/t27-/m0/s1. The van der Waals surface area contributed by atoms with Crippen LogP contribution in [-0.2, 0) is 5.41 Å². The lowest BCUT2D eigenvalue weighted by atomic mass is 9.76. The summed E-state index contributed by atoms with van der Waals surface area (Å²) in [4.78, 5) is 2.56. The SMILES string of the molecule is C=C(/C(=C\C=C/C)CCC)N1C[C@@](C)(c2cccc3ccccc23)CC1(C)C. The highest BCUT2D eigenvalue weighted by molar-refractivity contribution is 5.86. The maximum absolute atomic E-state index is 4.55. The van der Waals surface area contributed by atoms with Crippen molar-refractivity contribution in [1.29, 1.82) is 0 Å². The molecule has 28 heavy (non-hydrogen) atoms. The maximum atomic E-state index is 4.55. The first-order valence-electron chi connectivity index (χ1n) is 10.6. The Morgan fingerprint density at radius 1 is 1.11 bits per heavy atom. The second-order valence-electron chi connectivity index (χ2n) is 9.08. The largest absolute Gasteiger partial charge is 0.366 e. The van der Waals surface area contributed by atoms with E-state index in [1.807, 2.05) is 0 Å². The van der Waals surface area contributed by atoms with Gasteiger partial charge in [0.05, 0.1) is 0 Å². The zero-order chi connectivity index (χ0) is 20.4. The van der Waals surface area contributed by atoms with Gasteiger partial charge in [-0.05, 0) is 55.5 Å². The minimum absolute atomic E-state index is 0.0749. The van der Waals surface area contributed by atoms with Crippen LogP contribution in [-0.4, -0.2) is 17.0 Å². The zero-order valence-electron chi connectivity index (χ0n) is 18.3. The van der Waals surface area contributed by atoms with Crippen LogP contribution in [0.1, 0.15) is 59.4 Å². The molecular formula is C27H35N. The number of fused-ring (bicyclic) bond motifs is 1. The highest BCUT2D eigenvalue weighted by Gasteiger charge is 2.47. The van der Waals surface area contributed by atoms with Gasteiger partial charge in [0.2, 0.25) is 0 Å². The summed E-state index contributed by atoms with van der Waals surface area (Å²) in [6, 6.07) is 15.5. The molecule has 1 nitrogen and oxygen atoms in total. The van der Waals surface area contributed by atoms with E-state index < -0.39 is 0 Å². The monoisotopic (exact) mass is 373 g/mol. The zero-order valence-corrected chi connectivity index (χ0v) is 18.3. The molecule has 0 amide bonds. The molecule has 148 valence electrons. The van der Waals surface area contributed by atoms with Gasteiger partial charge in [0, 0.05) is 23.2 Å². The van der Waals surface area contributed by atoms with Crippen molar-refractivity contribution >= 4 is 10.8 Å². The average molecular weight is 374 g/mol. The van der Waals surface area contributed by atoms with E-state index in [9.17, 15) is 0 Å². The van der Waals surface area contributed by atoms with Gasteiger partial charge in [-0.25, -0.2) is 0 Å². The summed E-state index contributed by atoms with van der Waals surface area (Å²) in [5.41, 5.74) is 4.18. The molecule has 0 bridgehead atoms. The van der Waals surface area contributed by atoms with E-state index in [-0.39, 0.29) is 11.0 Å². The molecule has 0 aromatic heterocycles. The van der Waals surface area contributed by atoms with E-state index in [1.54, 1.807) is 0 Å². The van der Waals surface area contributed by atoms with Crippen molar-refractivity contribution in [3.05, 3.63) is 84.1 Å². The Bertz CT molecular complexity index is 910. The molecule has 0 aliphatic carbocycles. The summed E-state index contributed by atoms with van der Waals surface area (Å²) in [5.74, 6) is 0. The normalized spacial score (nSPS) is 22.3. The second-order valence-corrected chi connectivity index (χ2v) is 9.08. The lowest BCUT2D eigenvalue weighted by Crippen LogP contribution is -2.37. The van der Waals surface area contributed by atoms with Crippen LogP contribution in [0, 0.1) is 0 Å². The van der Waals surface area contributed by atoms with Crippen molar-refractivity contribution in [3.8, 4) is 0 Å². The van der Waals surface area contributed by atoms with Gasteiger partial charge in [0.1, 0.15) is 0 Å². The molecule has 0 spiro atoms. The number of nitrogens with zero attached hydrogens (tertiary/aromatic N) is 1. The van der Waals surface area contributed by atoms with Crippen LogP contribution >= 0.6 is 0 Å². The fourth-order valence-corrected chi connectivity index (χ4v) is 5.04. The number of hydrogen-bond donors (Lipinski definition) is 0. The molecule has 0 radical (unpaired) electrons. The minimum atomic E-state index is 0.0749. The number of hydrogen-bond acceptors (Lipinski definition) is 1. The van der Waals surface area contributed by atoms with Crippen LogP contribution in [0.3, 0.4) is 0 Å². The van der Waals surface area contributed by atoms with Gasteiger partial charge in [-0.1, -0.05) is 87.5 Å². The summed E-state index contributed by atoms with van der Waals surface area (Å²) in [6.07, 6.45) is 9.81. The van der Waals surface area contributed by atoms with Crippen molar-refractivity contribution in [2.75, 3.05) is 6.54 Å². The van der Waals surface area contributed by atoms with Crippen LogP contribution < -0.4 is 0 Å². The molecule has 1 heterocycles. The van der Waals surface area contributed by atoms with Crippen LogP contribution in [0.25, 0.3) is 10.8 Å². The molecule has 0 unspecified atom stereocenters. The van der Waals surface area contributed by atoms with Crippen molar-refractivity contribution in [1.82, 2.24) is 4.90 Å². The average Bonchev–Trinajstić information content (AvgIpc) is 2.94. The number of allylic oxidation sites excluding steroid dienone is 4. The van der Waals surface area contributed by atoms with Crippen LogP contribution in [0.2, 0.25) is 0 Å². The predicted molar refractivity (Wildman–Crippen MR) is 124 cm³/mol. The summed E-state index contributed by atoms with van der Waals surface area (Å²) in [6.45, 7) is 17.0. The van der Waals surface area contributed by atoms with E-state index in [2.05, 4.69) is 107 Å². The number of benzene rings is 2. The Morgan fingerprint density at radius 3 is 2.54 bits per heavy atom. The molecule has 1 aliphatic rings. The lowest BCUT2D eigenvalue weighted by molar-refractivity contribution is 0.231. The molecule has 1 saturated heterocycles. The molecule has 1 atom stereocenters. The van der Waals surface area contributed by atoms with Crippen molar-refractivity contribution in [3.63, 3.8) is 0 Å². The Balaban J connectivity index is 2.00. The first-order chi connectivity index (χ1) is 13.3. The highest BCUT2D eigenvalue weighted by Crippen LogP contribution is 2.47. The Morgan fingerprint density at radius 2 is 1.82 bits per heavy atom. The Kier molecular flexibility index (Phi) is 5.84. The quantitative estimate of drug-likeness (QED) is 0.477. The third-order valence-electron chi connectivity index (χ3n) is 6.21. The molecule has 0 N–H and O–H groups in total. The number of likely N-dealkylation sites (tertiary alicyclic amines) is 1. The van der Waals surface area contributed by atoms with Gasteiger partial charge < -0.3 is 4.90 Å². The molecular weight excluding hydrogens is 338 g/mol. The Labute approximate surface area is 171 Å². The summed E-state index contributed by atoms with van der Waals surface area (Å²) >= 11 is 0. The van der Waals surface area contributed by atoms with E-state index >= 15 is 0 Å². The van der Waals surface area contributed by atoms with E-state index in [0.29, 0.717) is 0 Å². The molecule has 1 heteroatoms. The molecule has 2 aromatic rings. The third kappa shape index (κ3) is 3.81. The minimum Gasteiger partial charge on any atom is -0.366 e. The molecule has 3 rings (SSSR count). The third-order valence-corrected chi connectivity index (χ3v) is 6.21. The van der Waals surface area contributed by atoms with Crippen LogP contribution in [0.5, 0.6) is 0 Å². The smallest absolute Gasteiger partial charge is 0.0355 e. The first kappa shape index (κ1) is 20.5. The van der Waals surface area contributed by atoms with Gasteiger partial charge in [0.25, 0.3) is 0 Å². The summed E-state index contributed by atoms with van der Waals surface area (Å²) in [5, 5.41) is 2.71. The fourth-order valence-electron chi connectivity index (χ4n) is 5.04. The van der Waals surface area contributed by atoms with Gasteiger partial charge in [-0.3, -0.25) is 0 Å². The van der Waals surface area contributed by atoms with Crippen LogP contribution in [0.15, 0.2) is 78.5 Å². The molecule has 1 fully saturated rings. The van der Waals surface area contributed by atoms with Crippen molar-refractivity contribution in [2.45, 2.75) is 64.8 Å². The first-order valence-corrected chi connectivity index (χ1v) is 10.6. The maximum Gasteiger partial charge on any atom is 0.0355 e. The van der Waals surface area contributed by atoms with Gasteiger partial charge in [-0.2, -0.15) is 0 Å². The lowest BCUT2D eigenvalue weighted by Gasteiger charge is -2.36. The van der Waals surface area contributed by atoms with E-state index in [4.69, 9.17) is 0 Å². The Hall–Kier alpha value is -2.28. The van der Waals surface area contributed by atoms with Gasteiger partial charge in [0.15, 0.2) is 0 Å². The molecule has 0 saturated carbocycles. The second kappa shape index (κ2) is 7.99. The number of rotatable bonds is 6. The predicted octanol–water partition coefficient (Wildman–Crippen LogP) is 7.40. The molecule has 2 aromatic carbocycles. The van der Waals surface area contributed by atoms with Crippen LogP contribution in [0.4, 0.5) is 0 Å². The molecule has 1 aliphatic heterocycles. The van der Waals surface area contributed by atoms with E-state index in [0.717, 1.165) is 25.8 Å². The van der Waals surface area contributed by atoms with Crippen molar-refractivity contribution in [2.24, 2.45) is 0 Å². The topological polar surface area (TPSA) is 3.24 Å². The van der Waals surface area contributed by atoms with E-state index in [1.165, 1.54) is 27.6 Å². The summed E-state index contributed by atoms with van der Waals surface area (Å²) in [7, 11) is 0.